The minimum absolute atomic E-state index is 0.190. The van der Waals surface area contributed by atoms with Gasteiger partial charge in [0.1, 0.15) is 5.75 Å². The molecule has 0 radical (unpaired) electrons. The number of carbonyl (C=O) groups is 1. The number of benzene rings is 2. The molecule has 0 spiro atoms. The fourth-order valence-corrected chi connectivity index (χ4v) is 3.08. The molecule has 0 bridgehead atoms. The molecule has 1 aliphatic heterocycles. The zero-order chi connectivity index (χ0) is 15.7. The van der Waals surface area contributed by atoms with Gasteiger partial charge in [0.2, 0.25) is 0 Å². The first-order valence-corrected chi connectivity index (χ1v) is 7.80. The van der Waals surface area contributed by atoms with Gasteiger partial charge in [0, 0.05) is 15.7 Å². The zero-order valence-electron chi connectivity index (χ0n) is 12.0. The van der Waals surface area contributed by atoms with Crippen LogP contribution in [-0.4, -0.2) is 12.0 Å². The number of halogens is 2. The number of nitrogens with one attached hydrogen (secondary N) is 1. The van der Waals surface area contributed by atoms with Crippen LogP contribution in [-0.2, 0) is 11.2 Å². The molecule has 22 heavy (non-hydrogen) atoms. The van der Waals surface area contributed by atoms with E-state index in [-0.39, 0.29) is 5.91 Å². The van der Waals surface area contributed by atoms with E-state index in [1.54, 1.807) is 18.2 Å². The van der Waals surface area contributed by atoms with Gasteiger partial charge in [-0.05, 0) is 49.6 Å². The van der Waals surface area contributed by atoms with Gasteiger partial charge in [-0.15, -0.1) is 0 Å². The van der Waals surface area contributed by atoms with E-state index in [1.165, 1.54) is 5.56 Å². The van der Waals surface area contributed by atoms with Crippen molar-refractivity contribution in [3.63, 3.8) is 0 Å². The number of amides is 1. The van der Waals surface area contributed by atoms with Crippen molar-refractivity contribution < 1.29 is 9.53 Å². The predicted molar refractivity (Wildman–Crippen MR) is 89.0 cm³/mol. The van der Waals surface area contributed by atoms with Crippen molar-refractivity contribution in [2.75, 3.05) is 5.32 Å². The highest BCUT2D eigenvalue weighted by Crippen LogP contribution is 2.29. The van der Waals surface area contributed by atoms with Gasteiger partial charge in [-0.25, -0.2) is 0 Å². The first-order valence-electron chi connectivity index (χ1n) is 7.04. The molecule has 0 aliphatic carbocycles. The summed E-state index contributed by atoms with van der Waals surface area (Å²) in [6.07, 6.45) is 0.968. The van der Waals surface area contributed by atoms with E-state index in [9.17, 15) is 4.79 Å². The minimum atomic E-state index is -0.507. The van der Waals surface area contributed by atoms with Crippen LogP contribution in [0.5, 0.6) is 5.75 Å². The molecule has 1 amide bonds. The van der Waals surface area contributed by atoms with Crippen LogP contribution in [0.4, 0.5) is 5.69 Å². The van der Waals surface area contributed by atoms with Gasteiger partial charge in [0.05, 0.1) is 0 Å². The Morgan fingerprint density at radius 1 is 1.18 bits per heavy atom. The van der Waals surface area contributed by atoms with E-state index >= 15 is 0 Å². The SMILES string of the molecule is Cc1ccc2c(c1)CCC(C(=O)Nc1cc(Cl)cc(Cl)c1)O2. The van der Waals surface area contributed by atoms with Crippen molar-refractivity contribution in [1.29, 1.82) is 0 Å². The quantitative estimate of drug-likeness (QED) is 0.868. The Balaban J connectivity index is 1.72. The van der Waals surface area contributed by atoms with Crippen molar-refractivity contribution >= 4 is 34.8 Å². The van der Waals surface area contributed by atoms with Crippen LogP contribution in [0.1, 0.15) is 17.5 Å². The van der Waals surface area contributed by atoms with Crippen LogP contribution < -0.4 is 10.1 Å². The summed E-state index contributed by atoms with van der Waals surface area (Å²) in [5.41, 5.74) is 2.91. The molecule has 2 aromatic rings. The summed E-state index contributed by atoms with van der Waals surface area (Å²) in [4.78, 5) is 12.3. The Kier molecular flexibility index (Phi) is 4.27. The lowest BCUT2D eigenvalue weighted by molar-refractivity contribution is -0.123. The molecule has 1 atom stereocenters. The Bertz CT molecular complexity index is 710. The van der Waals surface area contributed by atoms with Crippen LogP contribution in [0.3, 0.4) is 0 Å². The molecule has 0 saturated heterocycles. The molecule has 3 rings (SSSR count). The number of fused-ring (bicyclic) bond motifs is 1. The van der Waals surface area contributed by atoms with Gasteiger partial charge in [-0.2, -0.15) is 0 Å². The first kappa shape index (κ1) is 15.2. The molecule has 5 heteroatoms. The summed E-state index contributed by atoms with van der Waals surface area (Å²) >= 11 is 11.9. The molecule has 3 nitrogen and oxygen atoms in total. The number of hydrogen-bond acceptors (Lipinski definition) is 2. The smallest absolute Gasteiger partial charge is 0.265 e. The lowest BCUT2D eigenvalue weighted by Gasteiger charge is -2.25. The molecule has 1 unspecified atom stereocenters. The van der Waals surface area contributed by atoms with Gasteiger partial charge in [-0.3, -0.25) is 4.79 Å². The molecule has 0 saturated carbocycles. The average Bonchev–Trinajstić information content (AvgIpc) is 2.45. The fourth-order valence-electron chi connectivity index (χ4n) is 2.55. The lowest BCUT2D eigenvalue weighted by Crippen LogP contribution is -2.35. The fraction of sp³-hybridized carbons (Fsp3) is 0.235. The average molecular weight is 336 g/mol. The van der Waals surface area contributed by atoms with Crippen LogP contribution in [0.15, 0.2) is 36.4 Å². The van der Waals surface area contributed by atoms with Crippen molar-refractivity contribution in [3.8, 4) is 5.75 Å². The van der Waals surface area contributed by atoms with Gasteiger partial charge >= 0.3 is 0 Å². The first-order chi connectivity index (χ1) is 10.5. The monoisotopic (exact) mass is 335 g/mol. The number of aryl methyl sites for hydroxylation is 2. The molecule has 0 aromatic heterocycles. The molecule has 1 aliphatic rings. The number of rotatable bonds is 2. The molecule has 114 valence electrons. The highest BCUT2D eigenvalue weighted by molar-refractivity contribution is 6.35. The second-order valence-corrected chi connectivity index (χ2v) is 6.28. The molecule has 1 heterocycles. The maximum absolute atomic E-state index is 12.3. The Hall–Kier alpha value is -1.71. The van der Waals surface area contributed by atoms with Gasteiger partial charge in [0.15, 0.2) is 6.10 Å². The molecule has 1 N–H and O–H groups in total. The van der Waals surface area contributed by atoms with Crippen LogP contribution in [0.25, 0.3) is 0 Å². The number of ether oxygens (including phenoxy) is 1. The lowest BCUT2D eigenvalue weighted by atomic mass is 10.00. The third kappa shape index (κ3) is 3.37. The maximum atomic E-state index is 12.3. The normalized spacial score (nSPS) is 16.6. The predicted octanol–water partition coefficient (Wildman–Crippen LogP) is 4.63. The van der Waals surface area contributed by atoms with Crippen LogP contribution in [0, 0.1) is 6.92 Å². The minimum Gasteiger partial charge on any atom is -0.480 e. The van der Waals surface area contributed by atoms with Gasteiger partial charge < -0.3 is 10.1 Å². The topological polar surface area (TPSA) is 38.3 Å². The third-order valence-corrected chi connectivity index (χ3v) is 4.02. The summed E-state index contributed by atoms with van der Waals surface area (Å²) in [5.74, 6) is 0.589. The van der Waals surface area contributed by atoms with Gasteiger partial charge in [0.25, 0.3) is 5.91 Å². The summed E-state index contributed by atoms with van der Waals surface area (Å²) in [6, 6.07) is 10.9. The maximum Gasteiger partial charge on any atom is 0.265 e. The summed E-state index contributed by atoms with van der Waals surface area (Å²) < 4.78 is 5.80. The zero-order valence-corrected chi connectivity index (χ0v) is 13.5. The van der Waals surface area contributed by atoms with E-state index in [4.69, 9.17) is 27.9 Å². The highest BCUT2D eigenvalue weighted by atomic mass is 35.5. The number of hydrogen-bond donors (Lipinski definition) is 1. The largest absolute Gasteiger partial charge is 0.480 e. The van der Waals surface area contributed by atoms with Crippen molar-refractivity contribution in [3.05, 3.63) is 57.6 Å². The number of anilines is 1. The van der Waals surface area contributed by atoms with Crippen molar-refractivity contribution in [2.45, 2.75) is 25.9 Å². The Morgan fingerprint density at radius 3 is 2.64 bits per heavy atom. The van der Waals surface area contributed by atoms with Crippen LogP contribution in [0.2, 0.25) is 10.0 Å². The second-order valence-electron chi connectivity index (χ2n) is 5.40. The van der Waals surface area contributed by atoms with E-state index in [0.717, 1.165) is 17.7 Å². The Morgan fingerprint density at radius 2 is 1.91 bits per heavy atom. The molecular formula is C17H15Cl2NO2. The standard InChI is InChI=1S/C17H15Cl2NO2/c1-10-2-4-15-11(6-10)3-5-16(22-15)17(21)20-14-8-12(18)7-13(19)9-14/h2,4,6-9,16H,3,5H2,1H3,(H,20,21). The van der Waals surface area contributed by atoms with E-state index in [0.29, 0.717) is 22.2 Å². The van der Waals surface area contributed by atoms with Crippen molar-refractivity contribution in [1.82, 2.24) is 0 Å². The van der Waals surface area contributed by atoms with E-state index in [2.05, 4.69) is 11.4 Å². The summed E-state index contributed by atoms with van der Waals surface area (Å²) in [7, 11) is 0. The molecule has 0 fully saturated rings. The van der Waals surface area contributed by atoms with Crippen molar-refractivity contribution in [2.24, 2.45) is 0 Å². The summed E-state index contributed by atoms with van der Waals surface area (Å²) in [5, 5.41) is 3.76. The van der Waals surface area contributed by atoms with E-state index < -0.39 is 6.10 Å². The molecular weight excluding hydrogens is 321 g/mol. The van der Waals surface area contributed by atoms with Gasteiger partial charge in [-0.1, -0.05) is 40.9 Å². The third-order valence-electron chi connectivity index (χ3n) is 3.58. The molecule has 2 aromatic carbocycles. The van der Waals surface area contributed by atoms with E-state index in [1.807, 2.05) is 19.1 Å². The second kappa shape index (κ2) is 6.19. The number of carbonyl (C=O) groups excluding carboxylic acids is 1. The summed E-state index contributed by atoms with van der Waals surface area (Å²) in [6.45, 7) is 2.04. The van der Waals surface area contributed by atoms with Crippen LogP contribution >= 0.6 is 23.2 Å². The highest BCUT2D eigenvalue weighted by Gasteiger charge is 2.26. The Labute approximate surface area is 139 Å².